The van der Waals surface area contributed by atoms with E-state index in [4.69, 9.17) is 16.2 Å². The van der Waals surface area contributed by atoms with Gasteiger partial charge in [0.1, 0.15) is 5.75 Å². The molecule has 0 bridgehead atoms. The average molecular weight is 180 g/mol. The van der Waals surface area contributed by atoms with Crippen molar-refractivity contribution in [2.45, 2.75) is 13.0 Å². The SMILES string of the molecule is CCOc1ccc([C@H](N)CN)cc1. The van der Waals surface area contributed by atoms with Crippen molar-refractivity contribution in [3.8, 4) is 5.75 Å². The van der Waals surface area contributed by atoms with Crippen LogP contribution in [0, 0.1) is 0 Å². The molecule has 0 saturated carbocycles. The van der Waals surface area contributed by atoms with E-state index in [-0.39, 0.29) is 6.04 Å². The van der Waals surface area contributed by atoms with Gasteiger partial charge in [0.25, 0.3) is 0 Å². The summed E-state index contributed by atoms with van der Waals surface area (Å²) in [6, 6.07) is 7.64. The van der Waals surface area contributed by atoms with Crippen LogP contribution in [0.3, 0.4) is 0 Å². The maximum atomic E-state index is 5.75. The zero-order valence-electron chi connectivity index (χ0n) is 7.86. The van der Waals surface area contributed by atoms with E-state index in [0.29, 0.717) is 13.2 Å². The lowest BCUT2D eigenvalue weighted by Gasteiger charge is -2.09. The van der Waals surface area contributed by atoms with E-state index < -0.39 is 0 Å². The smallest absolute Gasteiger partial charge is 0.119 e. The molecule has 0 heterocycles. The first-order valence-electron chi connectivity index (χ1n) is 4.46. The summed E-state index contributed by atoms with van der Waals surface area (Å²) < 4.78 is 5.30. The summed E-state index contributed by atoms with van der Waals surface area (Å²) in [5.41, 5.74) is 12.2. The number of hydrogen-bond acceptors (Lipinski definition) is 3. The van der Waals surface area contributed by atoms with E-state index in [2.05, 4.69) is 0 Å². The Hall–Kier alpha value is -1.06. The normalized spacial score (nSPS) is 12.5. The molecule has 0 aromatic heterocycles. The van der Waals surface area contributed by atoms with Crippen molar-refractivity contribution in [2.75, 3.05) is 13.2 Å². The molecule has 3 heteroatoms. The van der Waals surface area contributed by atoms with Gasteiger partial charge in [0.05, 0.1) is 6.61 Å². The van der Waals surface area contributed by atoms with Crippen LogP contribution >= 0.6 is 0 Å². The third kappa shape index (κ3) is 2.72. The summed E-state index contributed by atoms with van der Waals surface area (Å²) in [6.45, 7) is 3.11. The fourth-order valence-electron chi connectivity index (χ4n) is 1.11. The van der Waals surface area contributed by atoms with Crippen LogP contribution in [0.15, 0.2) is 24.3 Å². The number of hydrogen-bond donors (Lipinski definition) is 2. The van der Waals surface area contributed by atoms with E-state index in [1.54, 1.807) is 0 Å². The van der Waals surface area contributed by atoms with Crippen LogP contribution < -0.4 is 16.2 Å². The monoisotopic (exact) mass is 180 g/mol. The van der Waals surface area contributed by atoms with Gasteiger partial charge in [-0.1, -0.05) is 12.1 Å². The summed E-state index contributed by atoms with van der Waals surface area (Å²) >= 11 is 0. The van der Waals surface area contributed by atoms with Crippen LogP contribution in [0.4, 0.5) is 0 Å². The zero-order chi connectivity index (χ0) is 9.68. The van der Waals surface area contributed by atoms with Crippen molar-refractivity contribution >= 4 is 0 Å². The van der Waals surface area contributed by atoms with Gasteiger partial charge in [0.2, 0.25) is 0 Å². The lowest BCUT2D eigenvalue weighted by atomic mass is 10.1. The van der Waals surface area contributed by atoms with Gasteiger partial charge in [-0.05, 0) is 24.6 Å². The molecular weight excluding hydrogens is 164 g/mol. The van der Waals surface area contributed by atoms with E-state index in [1.807, 2.05) is 31.2 Å². The first-order valence-corrected chi connectivity index (χ1v) is 4.46. The van der Waals surface area contributed by atoms with Crippen molar-refractivity contribution in [1.29, 1.82) is 0 Å². The number of nitrogens with two attached hydrogens (primary N) is 2. The predicted molar refractivity (Wildman–Crippen MR) is 53.6 cm³/mol. The highest BCUT2D eigenvalue weighted by Crippen LogP contribution is 2.15. The van der Waals surface area contributed by atoms with Gasteiger partial charge in [-0.2, -0.15) is 0 Å². The minimum Gasteiger partial charge on any atom is -0.494 e. The summed E-state index contributed by atoms with van der Waals surface area (Å²) in [5.74, 6) is 0.871. The molecule has 1 aromatic carbocycles. The molecule has 1 atom stereocenters. The lowest BCUT2D eigenvalue weighted by Crippen LogP contribution is -2.20. The molecule has 3 nitrogen and oxygen atoms in total. The molecule has 0 aliphatic rings. The molecule has 72 valence electrons. The summed E-state index contributed by atoms with van der Waals surface area (Å²) in [7, 11) is 0. The van der Waals surface area contributed by atoms with Gasteiger partial charge in [0, 0.05) is 12.6 Å². The molecule has 0 aliphatic heterocycles. The van der Waals surface area contributed by atoms with Crippen LogP contribution in [0.25, 0.3) is 0 Å². The Kier molecular flexibility index (Phi) is 3.73. The van der Waals surface area contributed by atoms with Crippen molar-refractivity contribution in [3.05, 3.63) is 29.8 Å². The highest BCUT2D eigenvalue weighted by Gasteiger charge is 2.02. The van der Waals surface area contributed by atoms with E-state index in [0.717, 1.165) is 11.3 Å². The van der Waals surface area contributed by atoms with Crippen LogP contribution in [-0.4, -0.2) is 13.2 Å². The van der Waals surface area contributed by atoms with Gasteiger partial charge >= 0.3 is 0 Å². The third-order valence-corrected chi connectivity index (χ3v) is 1.87. The van der Waals surface area contributed by atoms with Gasteiger partial charge < -0.3 is 16.2 Å². The molecule has 1 aromatic rings. The van der Waals surface area contributed by atoms with Gasteiger partial charge in [0.15, 0.2) is 0 Å². The molecule has 1 rings (SSSR count). The third-order valence-electron chi connectivity index (χ3n) is 1.87. The second-order valence-corrected chi connectivity index (χ2v) is 2.84. The molecule has 0 amide bonds. The first-order chi connectivity index (χ1) is 6.27. The molecule has 13 heavy (non-hydrogen) atoms. The maximum Gasteiger partial charge on any atom is 0.119 e. The molecule has 0 unspecified atom stereocenters. The minimum atomic E-state index is -0.0734. The van der Waals surface area contributed by atoms with Crippen molar-refractivity contribution in [1.82, 2.24) is 0 Å². The summed E-state index contributed by atoms with van der Waals surface area (Å²) in [4.78, 5) is 0. The van der Waals surface area contributed by atoms with Gasteiger partial charge in [-0.25, -0.2) is 0 Å². The largest absolute Gasteiger partial charge is 0.494 e. The standard InChI is InChI=1S/C10H16N2O/c1-2-13-9-5-3-8(4-6-9)10(12)7-11/h3-6,10H,2,7,11-12H2,1H3/t10-/m1/s1. The number of ether oxygens (including phenoxy) is 1. The molecule has 4 N–H and O–H groups in total. The first kappa shape index (κ1) is 10.0. The predicted octanol–water partition coefficient (Wildman–Crippen LogP) is 1.04. The van der Waals surface area contributed by atoms with Crippen molar-refractivity contribution in [3.63, 3.8) is 0 Å². The van der Waals surface area contributed by atoms with Gasteiger partial charge in [-0.3, -0.25) is 0 Å². The fourth-order valence-corrected chi connectivity index (χ4v) is 1.11. The maximum absolute atomic E-state index is 5.75. The Morgan fingerprint density at radius 2 is 1.92 bits per heavy atom. The number of rotatable bonds is 4. The van der Waals surface area contributed by atoms with Crippen LogP contribution in [-0.2, 0) is 0 Å². The molecule has 0 spiro atoms. The summed E-state index contributed by atoms with van der Waals surface area (Å²) in [6.07, 6.45) is 0. The molecule has 0 fully saturated rings. The lowest BCUT2D eigenvalue weighted by molar-refractivity contribution is 0.340. The molecule has 0 saturated heterocycles. The van der Waals surface area contributed by atoms with Crippen LogP contribution in [0.5, 0.6) is 5.75 Å². The Balaban J connectivity index is 2.69. The molecule has 0 radical (unpaired) electrons. The fraction of sp³-hybridized carbons (Fsp3) is 0.400. The molecule has 0 aliphatic carbocycles. The van der Waals surface area contributed by atoms with E-state index in [1.165, 1.54) is 0 Å². The van der Waals surface area contributed by atoms with E-state index >= 15 is 0 Å². The second-order valence-electron chi connectivity index (χ2n) is 2.84. The highest BCUT2D eigenvalue weighted by atomic mass is 16.5. The van der Waals surface area contributed by atoms with Crippen molar-refractivity contribution in [2.24, 2.45) is 11.5 Å². The quantitative estimate of drug-likeness (QED) is 0.728. The Morgan fingerprint density at radius 3 is 2.38 bits per heavy atom. The second kappa shape index (κ2) is 4.84. The number of benzene rings is 1. The Labute approximate surface area is 78.7 Å². The molecular formula is C10H16N2O. The van der Waals surface area contributed by atoms with Crippen LogP contribution in [0.1, 0.15) is 18.5 Å². The average Bonchev–Trinajstić information content (AvgIpc) is 2.18. The van der Waals surface area contributed by atoms with Crippen LogP contribution in [0.2, 0.25) is 0 Å². The van der Waals surface area contributed by atoms with Crippen molar-refractivity contribution < 1.29 is 4.74 Å². The Morgan fingerprint density at radius 1 is 1.31 bits per heavy atom. The van der Waals surface area contributed by atoms with Gasteiger partial charge in [-0.15, -0.1) is 0 Å². The minimum absolute atomic E-state index is 0.0734. The Bertz CT molecular complexity index is 246. The highest BCUT2D eigenvalue weighted by molar-refractivity contribution is 5.29. The zero-order valence-corrected chi connectivity index (χ0v) is 7.86. The summed E-state index contributed by atoms with van der Waals surface area (Å²) in [5, 5.41) is 0. The topological polar surface area (TPSA) is 61.3 Å². The van der Waals surface area contributed by atoms with E-state index in [9.17, 15) is 0 Å².